The molecule has 0 bridgehead atoms. The van der Waals surface area contributed by atoms with Crippen molar-refractivity contribution >= 4 is 23.4 Å². The van der Waals surface area contributed by atoms with Crippen LogP contribution in [0.15, 0.2) is 24.3 Å². The van der Waals surface area contributed by atoms with Crippen LogP contribution >= 0.6 is 11.8 Å². The van der Waals surface area contributed by atoms with Crippen molar-refractivity contribution in [3.8, 4) is 5.75 Å². The summed E-state index contributed by atoms with van der Waals surface area (Å²) in [6.07, 6.45) is 1.31. The summed E-state index contributed by atoms with van der Waals surface area (Å²) >= 11 is 1.89. The van der Waals surface area contributed by atoms with Crippen LogP contribution in [0.25, 0.3) is 0 Å². The van der Waals surface area contributed by atoms with Gasteiger partial charge in [0.2, 0.25) is 5.91 Å². The molecule has 0 saturated carbocycles. The van der Waals surface area contributed by atoms with Crippen LogP contribution in [-0.4, -0.2) is 50.3 Å². The number of hydrogen-bond donors (Lipinski definition) is 2. The van der Waals surface area contributed by atoms with Gasteiger partial charge in [0.15, 0.2) is 0 Å². The van der Waals surface area contributed by atoms with Crippen LogP contribution in [-0.2, 0) is 9.53 Å². The number of carbonyl (C=O) groups is 1. The van der Waals surface area contributed by atoms with Gasteiger partial charge in [-0.2, -0.15) is 11.8 Å². The van der Waals surface area contributed by atoms with Crippen LogP contribution < -0.4 is 15.4 Å². The first-order valence-corrected chi connectivity index (χ1v) is 8.77. The molecular formula is C16H24N2O3S. The second kappa shape index (κ2) is 9.71. The number of carbonyl (C=O) groups excluding carboxylic acids is 1. The average molecular weight is 324 g/mol. The summed E-state index contributed by atoms with van der Waals surface area (Å²) in [5.41, 5.74) is 0.730. The van der Waals surface area contributed by atoms with E-state index in [0.717, 1.165) is 30.2 Å². The minimum absolute atomic E-state index is 0.0212. The zero-order valence-corrected chi connectivity index (χ0v) is 13.8. The molecule has 2 N–H and O–H groups in total. The van der Waals surface area contributed by atoms with Crippen molar-refractivity contribution in [3.05, 3.63) is 24.3 Å². The molecule has 1 aliphatic rings. The van der Waals surface area contributed by atoms with Crippen LogP contribution in [0, 0.1) is 0 Å². The number of benzene rings is 1. The SMILES string of the molecule is COCCCOc1ccccc1NC(=O)CC1CSCCN1. The normalized spacial score (nSPS) is 18.0. The van der Waals surface area contributed by atoms with E-state index in [1.165, 1.54) is 0 Å². The van der Waals surface area contributed by atoms with Crippen LogP contribution in [0.4, 0.5) is 5.69 Å². The van der Waals surface area contributed by atoms with Gasteiger partial charge in [0.1, 0.15) is 5.75 Å². The zero-order chi connectivity index (χ0) is 15.6. The predicted molar refractivity (Wildman–Crippen MR) is 90.8 cm³/mol. The molecule has 1 aromatic rings. The fraction of sp³-hybridized carbons (Fsp3) is 0.562. The molecule has 5 nitrogen and oxygen atoms in total. The van der Waals surface area contributed by atoms with Gasteiger partial charge in [-0.3, -0.25) is 4.79 Å². The topological polar surface area (TPSA) is 59.6 Å². The van der Waals surface area contributed by atoms with Gasteiger partial charge in [-0.05, 0) is 12.1 Å². The number of hydrogen-bond acceptors (Lipinski definition) is 5. The Kier molecular flexibility index (Phi) is 7.56. The minimum Gasteiger partial charge on any atom is -0.491 e. The van der Waals surface area contributed by atoms with E-state index in [2.05, 4.69) is 10.6 Å². The number of anilines is 1. The van der Waals surface area contributed by atoms with Gasteiger partial charge in [0.25, 0.3) is 0 Å². The highest BCUT2D eigenvalue weighted by molar-refractivity contribution is 7.99. The lowest BCUT2D eigenvalue weighted by Gasteiger charge is -2.22. The summed E-state index contributed by atoms with van der Waals surface area (Å²) in [7, 11) is 1.67. The predicted octanol–water partition coefficient (Wildman–Crippen LogP) is 2.14. The molecule has 0 radical (unpaired) electrons. The lowest BCUT2D eigenvalue weighted by atomic mass is 10.2. The second-order valence-electron chi connectivity index (χ2n) is 5.17. The van der Waals surface area contributed by atoms with Gasteiger partial charge in [-0.1, -0.05) is 12.1 Å². The fourth-order valence-corrected chi connectivity index (χ4v) is 3.21. The summed E-state index contributed by atoms with van der Waals surface area (Å²) < 4.78 is 10.7. The number of ether oxygens (including phenoxy) is 2. The summed E-state index contributed by atoms with van der Waals surface area (Å²) in [6.45, 7) is 2.21. The fourth-order valence-electron chi connectivity index (χ4n) is 2.26. The van der Waals surface area contributed by atoms with E-state index in [-0.39, 0.29) is 11.9 Å². The minimum atomic E-state index is 0.0212. The number of methoxy groups -OCH3 is 1. The largest absolute Gasteiger partial charge is 0.491 e. The molecule has 1 atom stereocenters. The van der Waals surface area contributed by atoms with Crippen molar-refractivity contribution in [2.24, 2.45) is 0 Å². The molecule has 1 aliphatic heterocycles. The van der Waals surface area contributed by atoms with E-state index in [4.69, 9.17) is 9.47 Å². The molecule has 122 valence electrons. The first kappa shape index (κ1) is 17.1. The van der Waals surface area contributed by atoms with Crippen LogP contribution in [0.1, 0.15) is 12.8 Å². The van der Waals surface area contributed by atoms with E-state index in [0.29, 0.717) is 25.4 Å². The highest BCUT2D eigenvalue weighted by Crippen LogP contribution is 2.24. The van der Waals surface area contributed by atoms with Gasteiger partial charge >= 0.3 is 0 Å². The summed E-state index contributed by atoms with van der Waals surface area (Å²) in [5.74, 6) is 2.84. The molecule has 2 rings (SSSR count). The molecule has 0 aromatic heterocycles. The Labute approximate surface area is 136 Å². The van der Waals surface area contributed by atoms with Gasteiger partial charge in [0, 0.05) is 50.7 Å². The third-order valence-corrected chi connectivity index (χ3v) is 4.47. The quantitative estimate of drug-likeness (QED) is 0.718. The molecule has 1 aromatic carbocycles. The van der Waals surface area contributed by atoms with Crippen molar-refractivity contribution in [3.63, 3.8) is 0 Å². The first-order valence-electron chi connectivity index (χ1n) is 7.61. The Bertz CT molecular complexity index is 464. The summed E-state index contributed by atoms with van der Waals surface area (Å²) in [5, 5.41) is 6.33. The molecule has 0 spiro atoms. The Balaban J connectivity index is 1.83. The van der Waals surface area contributed by atoms with Crippen molar-refractivity contribution in [2.75, 3.05) is 43.7 Å². The lowest BCUT2D eigenvalue weighted by molar-refractivity contribution is -0.116. The van der Waals surface area contributed by atoms with Crippen molar-refractivity contribution in [1.82, 2.24) is 5.32 Å². The van der Waals surface area contributed by atoms with Crippen molar-refractivity contribution in [1.29, 1.82) is 0 Å². The smallest absolute Gasteiger partial charge is 0.226 e. The molecule has 6 heteroatoms. The number of thioether (sulfide) groups is 1. The molecule has 22 heavy (non-hydrogen) atoms. The van der Waals surface area contributed by atoms with E-state index in [1.807, 2.05) is 36.0 Å². The first-order chi connectivity index (χ1) is 10.8. The van der Waals surface area contributed by atoms with Crippen molar-refractivity contribution in [2.45, 2.75) is 18.9 Å². The van der Waals surface area contributed by atoms with Gasteiger partial charge < -0.3 is 20.1 Å². The van der Waals surface area contributed by atoms with Crippen LogP contribution in [0.3, 0.4) is 0 Å². The van der Waals surface area contributed by atoms with E-state index in [1.54, 1.807) is 7.11 Å². The third kappa shape index (κ3) is 5.87. The molecule has 1 fully saturated rings. The Morgan fingerprint density at radius 1 is 1.41 bits per heavy atom. The number of para-hydroxylation sites is 2. The molecule has 1 saturated heterocycles. The third-order valence-electron chi connectivity index (χ3n) is 3.34. The van der Waals surface area contributed by atoms with Crippen LogP contribution in [0.2, 0.25) is 0 Å². The number of amides is 1. The van der Waals surface area contributed by atoms with Gasteiger partial charge in [0.05, 0.1) is 12.3 Å². The molecule has 1 amide bonds. The number of rotatable bonds is 8. The average Bonchev–Trinajstić information content (AvgIpc) is 2.54. The second-order valence-corrected chi connectivity index (χ2v) is 6.32. The monoisotopic (exact) mass is 324 g/mol. The van der Waals surface area contributed by atoms with Crippen LogP contribution in [0.5, 0.6) is 5.75 Å². The zero-order valence-electron chi connectivity index (χ0n) is 13.0. The Morgan fingerprint density at radius 2 is 2.27 bits per heavy atom. The highest BCUT2D eigenvalue weighted by atomic mass is 32.2. The Morgan fingerprint density at radius 3 is 3.05 bits per heavy atom. The maximum atomic E-state index is 12.2. The summed E-state index contributed by atoms with van der Waals surface area (Å²) in [6, 6.07) is 7.80. The maximum Gasteiger partial charge on any atom is 0.226 e. The number of nitrogens with one attached hydrogen (secondary N) is 2. The molecular weight excluding hydrogens is 300 g/mol. The van der Waals surface area contributed by atoms with E-state index < -0.39 is 0 Å². The lowest BCUT2D eigenvalue weighted by Crippen LogP contribution is -2.39. The molecule has 0 aliphatic carbocycles. The summed E-state index contributed by atoms with van der Waals surface area (Å²) in [4.78, 5) is 12.2. The standard InChI is InChI=1S/C16H24N2O3S/c1-20-8-4-9-21-15-6-3-2-5-14(15)18-16(19)11-13-12-22-10-7-17-13/h2-3,5-6,13,17H,4,7-12H2,1H3,(H,18,19). The highest BCUT2D eigenvalue weighted by Gasteiger charge is 2.17. The van der Waals surface area contributed by atoms with Crippen molar-refractivity contribution < 1.29 is 14.3 Å². The maximum absolute atomic E-state index is 12.2. The van der Waals surface area contributed by atoms with E-state index in [9.17, 15) is 4.79 Å². The van der Waals surface area contributed by atoms with E-state index >= 15 is 0 Å². The molecule has 1 heterocycles. The Hall–Kier alpha value is -1.24. The molecule has 1 unspecified atom stereocenters. The van der Waals surface area contributed by atoms with Gasteiger partial charge in [-0.15, -0.1) is 0 Å². The van der Waals surface area contributed by atoms with Gasteiger partial charge in [-0.25, -0.2) is 0 Å².